The zero-order chi connectivity index (χ0) is 15.1. The summed E-state index contributed by atoms with van der Waals surface area (Å²) < 4.78 is 7.02. The third kappa shape index (κ3) is 3.03. The summed E-state index contributed by atoms with van der Waals surface area (Å²) in [5, 5.41) is 1.05. The van der Waals surface area contributed by atoms with Crippen molar-refractivity contribution in [3.63, 3.8) is 0 Å². The van der Waals surface area contributed by atoms with Crippen LogP contribution in [0.1, 0.15) is 47.1 Å². The fraction of sp³-hybridized carbons (Fsp3) is 0.471. The minimum absolute atomic E-state index is 0.0528. The van der Waals surface area contributed by atoms with Gasteiger partial charge in [0.05, 0.1) is 5.52 Å². The van der Waals surface area contributed by atoms with Crippen molar-refractivity contribution in [2.45, 2.75) is 52.6 Å². The van der Waals surface area contributed by atoms with E-state index < -0.39 is 5.60 Å². The van der Waals surface area contributed by atoms with Crippen molar-refractivity contribution >= 4 is 17.0 Å². The molecule has 1 aromatic carbocycles. The average Bonchev–Trinajstić information content (AvgIpc) is 2.67. The summed E-state index contributed by atoms with van der Waals surface area (Å²) in [6.07, 6.45) is 1.43. The molecule has 0 saturated carbocycles. The summed E-state index contributed by atoms with van der Waals surface area (Å²) in [5.41, 5.74) is 1.66. The predicted molar refractivity (Wildman–Crippen MR) is 82.3 cm³/mol. The van der Waals surface area contributed by atoms with E-state index in [2.05, 4.69) is 39.0 Å². The summed E-state index contributed by atoms with van der Waals surface area (Å²) in [6, 6.07) is 8.17. The molecule has 0 aliphatic rings. The molecular weight excluding hydrogens is 250 g/mol. The Kier molecular flexibility index (Phi) is 3.41. The molecule has 0 bridgehead atoms. The van der Waals surface area contributed by atoms with Crippen LogP contribution >= 0.6 is 0 Å². The van der Waals surface area contributed by atoms with Crippen LogP contribution in [-0.2, 0) is 10.2 Å². The molecule has 3 heteroatoms. The molecule has 3 nitrogen and oxygen atoms in total. The number of carbonyl (C=O) groups is 1. The van der Waals surface area contributed by atoms with Gasteiger partial charge in [-0.1, -0.05) is 32.9 Å². The number of carbonyl (C=O) groups excluding carboxylic acids is 1. The van der Waals surface area contributed by atoms with Gasteiger partial charge in [0.25, 0.3) is 0 Å². The number of rotatable bonds is 0. The van der Waals surface area contributed by atoms with E-state index in [0.29, 0.717) is 0 Å². The number of nitrogens with zero attached hydrogens (tertiary/aromatic N) is 1. The minimum Gasteiger partial charge on any atom is -0.443 e. The lowest BCUT2D eigenvalue weighted by atomic mass is 9.87. The first-order chi connectivity index (χ1) is 9.08. The molecule has 0 amide bonds. The van der Waals surface area contributed by atoms with Gasteiger partial charge in [0.15, 0.2) is 0 Å². The Hall–Kier alpha value is -1.77. The van der Waals surface area contributed by atoms with E-state index in [1.54, 1.807) is 10.8 Å². The highest BCUT2D eigenvalue weighted by Gasteiger charge is 2.20. The molecule has 20 heavy (non-hydrogen) atoms. The van der Waals surface area contributed by atoms with Crippen LogP contribution in [0.5, 0.6) is 0 Å². The second-order valence-electron chi connectivity index (χ2n) is 7.19. The van der Waals surface area contributed by atoms with Crippen LogP contribution in [0.15, 0.2) is 30.5 Å². The van der Waals surface area contributed by atoms with Gasteiger partial charge in [-0.25, -0.2) is 4.79 Å². The van der Waals surface area contributed by atoms with Crippen molar-refractivity contribution in [3.05, 3.63) is 36.0 Å². The van der Waals surface area contributed by atoms with Crippen LogP contribution in [0.2, 0.25) is 0 Å². The predicted octanol–water partition coefficient (Wildman–Crippen LogP) is 4.72. The van der Waals surface area contributed by atoms with Gasteiger partial charge >= 0.3 is 6.09 Å². The second kappa shape index (κ2) is 4.65. The molecule has 0 unspecified atom stereocenters. The number of aromatic nitrogens is 1. The normalized spacial score (nSPS) is 12.7. The summed E-state index contributed by atoms with van der Waals surface area (Å²) >= 11 is 0. The lowest BCUT2D eigenvalue weighted by Gasteiger charge is -2.21. The maximum absolute atomic E-state index is 12.2. The van der Waals surface area contributed by atoms with E-state index in [-0.39, 0.29) is 11.5 Å². The highest BCUT2D eigenvalue weighted by atomic mass is 16.6. The fourth-order valence-electron chi connectivity index (χ4n) is 2.07. The van der Waals surface area contributed by atoms with Gasteiger partial charge < -0.3 is 4.74 Å². The molecular formula is C17H23NO2. The van der Waals surface area contributed by atoms with Crippen molar-refractivity contribution < 1.29 is 9.53 Å². The third-order valence-corrected chi connectivity index (χ3v) is 3.15. The fourth-order valence-corrected chi connectivity index (χ4v) is 2.07. The highest BCUT2D eigenvalue weighted by Crippen LogP contribution is 2.27. The first kappa shape index (κ1) is 14.6. The zero-order valence-corrected chi connectivity index (χ0v) is 13.2. The summed E-state index contributed by atoms with van der Waals surface area (Å²) in [6.45, 7) is 12.1. The van der Waals surface area contributed by atoms with E-state index in [9.17, 15) is 4.79 Å². The lowest BCUT2D eigenvalue weighted by molar-refractivity contribution is 0.0544. The van der Waals surface area contributed by atoms with Crippen LogP contribution in [0.3, 0.4) is 0 Å². The molecule has 2 rings (SSSR count). The Labute approximate surface area is 120 Å². The Balaban J connectivity index is 2.47. The summed E-state index contributed by atoms with van der Waals surface area (Å²) in [5.74, 6) is 0. The molecule has 0 aliphatic heterocycles. The number of hydrogen-bond acceptors (Lipinski definition) is 2. The Morgan fingerprint density at radius 1 is 1.05 bits per heavy atom. The van der Waals surface area contributed by atoms with Gasteiger partial charge in [-0.05, 0) is 43.9 Å². The van der Waals surface area contributed by atoms with Crippen molar-refractivity contribution in [1.29, 1.82) is 0 Å². The number of benzene rings is 1. The quantitative estimate of drug-likeness (QED) is 0.695. The molecule has 1 heterocycles. The molecule has 0 saturated heterocycles. The van der Waals surface area contributed by atoms with E-state index in [1.165, 1.54) is 5.56 Å². The highest BCUT2D eigenvalue weighted by molar-refractivity contribution is 5.90. The lowest BCUT2D eigenvalue weighted by Crippen LogP contribution is -2.26. The van der Waals surface area contributed by atoms with Crippen molar-refractivity contribution in [2.24, 2.45) is 0 Å². The molecule has 0 radical (unpaired) electrons. The maximum Gasteiger partial charge on any atom is 0.418 e. The molecule has 0 spiro atoms. The molecule has 0 fully saturated rings. The van der Waals surface area contributed by atoms with E-state index >= 15 is 0 Å². The van der Waals surface area contributed by atoms with Crippen LogP contribution in [0.4, 0.5) is 4.79 Å². The molecule has 1 aromatic heterocycles. The van der Waals surface area contributed by atoms with Crippen LogP contribution in [0.25, 0.3) is 10.9 Å². The van der Waals surface area contributed by atoms with E-state index in [0.717, 1.165) is 10.9 Å². The SMILES string of the molecule is CC(C)(C)OC(=O)n1ccc2ccc(C(C)(C)C)cc21. The largest absolute Gasteiger partial charge is 0.443 e. The molecule has 0 N–H and O–H groups in total. The van der Waals surface area contributed by atoms with Crippen LogP contribution < -0.4 is 0 Å². The van der Waals surface area contributed by atoms with Crippen molar-refractivity contribution in [2.75, 3.05) is 0 Å². The Morgan fingerprint density at radius 3 is 2.25 bits per heavy atom. The van der Waals surface area contributed by atoms with Gasteiger partial charge in [0.2, 0.25) is 0 Å². The third-order valence-electron chi connectivity index (χ3n) is 3.15. The van der Waals surface area contributed by atoms with Gasteiger partial charge in [-0.15, -0.1) is 0 Å². The summed E-state index contributed by atoms with van der Waals surface area (Å²) in [4.78, 5) is 12.2. The Bertz CT molecular complexity index is 639. The van der Waals surface area contributed by atoms with Gasteiger partial charge in [-0.2, -0.15) is 0 Å². The van der Waals surface area contributed by atoms with Gasteiger partial charge in [0.1, 0.15) is 5.60 Å². The average molecular weight is 273 g/mol. The number of ether oxygens (including phenoxy) is 1. The topological polar surface area (TPSA) is 31.2 Å². The Morgan fingerprint density at radius 2 is 1.70 bits per heavy atom. The van der Waals surface area contributed by atoms with Crippen molar-refractivity contribution in [3.8, 4) is 0 Å². The van der Waals surface area contributed by atoms with Crippen molar-refractivity contribution in [1.82, 2.24) is 4.57 Å². The van der Waals surface area contributed by atoms with Gasteiger partial charge in [-0.3, -0.25) is 4.57 Å². The van der Waals surface area contributed by atoms with Gasteiger partial charge in [0, 0.05) is 11.6 Å². The second-order valence-corrected chi connectivity index (χ2v) is 7.19. The maximum atomic E-state index is 12.2. The number of fused-ring (bicyclic) bond motifs is 1. The van der Waals surface area contributed by atoms with E-state index in [1.807, 2.05) is 26.8 Å². The minimum atomic E-state index is -0.491. The standard InChI is InChI=1S/C17H23NO2/c1-16(2,3)13-8-7-12-9-10-18(14(12)11-13)15(19)20-17(4,5)6/h7-11H,1-6H3. The summed E-state index contributed by atoms with van der Waals surface area (Å²) in [7, 11) is 0. The molecule has 0 atom stereocenters. The molecule has 2 aromatic rings. The monoisotopic (exact) mass is 273 g/mol. The molecule has 0 aliphatic carbocycles. The zero-order valence-electron chi connectivity index (χ0n) is 13.2. The first-order valence-electron chi connectivity index (χ1n) is 6.93. The molecule has 108 valence electrons. The number of hydrogen-bond donors (Lipinski definition) is 0. The first-order valence-corrected chi connectivity index (χ1v) is 6.93. The smallest absolute Gasteiger partial charge is 0.418 e. The van der Waals surface area contributed by atoms with E-state index in [4.69, 9.17) is 4.74 Å². The van der Waals surface area contributed by atoms with Crippen LogP contribution in [-0.4, -0.2) is 16.3 Å². The van der Waals surface area contributed by atoms with Crippen LogP contribution in [0, 0.1) is 0 Å².